The quantitative estimate of drug-likeness (QED) is 0.587. The number of benzene rings is 2. The summed E-state index contributed by atoms with van der Waals surface area (Å²) in [6.07, 6.45) is 0. The molecule has 0 saturated heterocycles. The monoisotopic (exact) mass is 322 g/mol. The van der Waals surface area contributed by atoms with E-state index in [1.54, 1.807) is 0 Å². The smallest absolute Gasteiger partial charge is 0.324 e. The second-order valence-electron chi connectivity index (χ2n) is 5.85. The maximum absolute atomic E-state index is 6.32. The molecule has 0 saturated carbocycles. The van der Waals surface area contributed by atoms with Crippen LogP contribution in [0.5, 0.6) is 0 Å². The van der Waals surface area contributed by atoms with E-state index in [4.69, 9.17) is 16.3 Å². The van der Waals surface area contributed by atoms with Crippen LogP contribution in [0.15, 0.2) is 48.5 Å². The molecule has 0 amide bonds. The minimum atomic E-state index is 0.165. The average Bonchev–Trinajstić information content (AvgIpc) is 2.94. The molecule has 2 heterocycles. The van der Waals surface area contributed by atoms with Crippen LogP contribution in [0.4, 0.5) is 5.69 Å². The lowest BCUT2D eigenvalue weighted by atomic mass is 9.64. The molecular formula is C18H16BClN2O. The molecule has 5 heteroatoms. The third-order valence-electron chi connectivity index (χ3n) is 4.31. The van der Waals surface area contributed by atoms with Gasteiger partial charge >= 0.3 is 6.92 Å². The van der Waals surface area contributed by atoms with Crippen LogP contribution in [0.25, 0.3) is 10.9 Å². The Morgan fingerprint density at radius 1 is 1.22 bits per heavy atom. The Morgan fingerprint density at radius 3 is 3.00 bits per heavy atom. The van der Waals surface area contributed by atoms with Crippen LogP contribution in [0.1, 0.15) is 11.1 Å². The van der Waals surface area contributed by atoms with E-state index in [-0.39, 0.29) is 6.92 Å². The zero-order valence-corrected chi connectivity index (χ0v) is 13.6. The standard InChI is InChI=1S/C18H16BClN2O/c1-19-16-9-15(7-6-13(16)11-23-19)21-10-14-8-12-4-2-3-5-17(12)22-18(14)20/h2-9,21H,10-11H2,1H3. The molecule has 0 bridgehead atoms. The van der Waals surface area contributed by atoms with Crippen LogP contribution in [-0.4, -0.2) is 11.9 Å². The number of hydrogen-bond acceptors (Lipinski definition) is 3. The van der Waals surface area contributed by atoms with Crippen molar-refractivity contribution in [2.24, 2.45) is 0 Å². The van der Waals surface area contributed by atoms with E-state index in [1.807, 2.05) is 18.2 Å². The van der Waals surface area contributed by atoms with E-state index in [0.717, 1.165) is 22.2 Å². The molecule has 0 atom stereocenters. The van der Waals surface area contributed by atoms with E-state index < -0.39 is 0 Å². The molecule has 1 aromatic heterocycles. The highest BCUT2D eigenvalue weighted by atomic mass is 35.5. The fourth-order valence-corrected chi connectivity index (χ4v) is 3.19. The summed E-state index contributed by atoms with van der Waals surface area (Å²) in [5.74, 6) is 0. The number of anilines is 1. The molecule has 0 aliphatic carbocycles. The number of pyridine rings is 1. The first kappa shape index (κ1) is 14.6. The van der Waals surface area contributed by atoms with Crippen LogP contribution in [0.3, 0.4) is 0 Å². The van der Waals surface area contributed by atoms with Crippen LogP contribution >= 0.6 is 11.6 Å². The summed E-state index contributed by atoms with van der Waals surface area (Å²) in [5, 5.41) is 5.09. The van der Waals surface area contributed by atoms with Crippen LogP contribution in [-0.2, 0) is 17.8 Å². The maximum atomic E-state index is 6.32. The molecule has 0 fully saturated rings. The van der Waals surface area contributed by atoms with Crippen molar-refractivity contribution >= 4 is 40.6 Å². The van der Waals surface area contributed by atoms with E-state index in [0.29, 0.717) is 18.3 Å². The molecule has 0 unspecified atom stereocenters. The molecule has 3 nitrogen and oxygen atoms in total. The molecule has 23 heavy (non-hydrogen) atoms. The third kappa shape index (κ3) is 2.80. The molecule has 1 aliphatic rings. The van der Waals surface area contributed by atoms with Crippen molar-refractivity contribution in [1.29, 1.82) is 0 Å². The summed E-state index contributed by atoms with van der Waals surface area (Å²) >= 11 is 6.32. The highest BCUT2D eigenvalue weighted by Gasteiger charge is 2.23. The maximum Gasteiger partial charge on any atom is 0.324 e. The van der Waals surface area contributed by atoms with Crippen LogP contribution in [0, 0.1) is 0 Å². The summed E-state index contributed by atoms with van der Waals surface area (Å²) in [6.45, 7) is 3.60. The Balaban J connectivity index is 1.57. The van der Waals surface area contributed by atoms with Gasteiger partial charge in [0.15, 0.2) is 0 Å². The lowest BCUT2D eigenvalue weighted by Gasteiger charge is -2.10. The SMILES string of the molecule is CB1OCc2ccc(NCc3cc4ccccc4nc3Cl)cc21. The first-order valence-electron chi connectivity index (χ1n) is 7.73. The second-order valence-corrected chi connectivity index (χ2v) is 6.21. The van der Waals surface area contributed by atoms with Gasteiger partial charge in [0.25, 0.3) is 0 Å². The minimum absolute atomic E-state index is 0.165. The van der Waals surface area contributed by atoms with Crippen molar-refractivity contribution in [3.8, 4) is 0 Å². The molecule has 114 valence electrons. The van der Waals surface area contributed by atoms with Gasteiger partial charge in [-0.15, -0.1) is 0 Å². The molecule has 2 aromatic carbocycles. The van der Waals surface area contributed by atoms with Gasteiger partial charge in [0, 0.05) is 23.2 Å². The Kier molecular flexibility index (Phi) is 3.72. The van der Waals surface area contributed by atoms with Crippen molar-refractivity contribution in [1.82, 2.24) is 4.98 Å². The zero-order chi connectivity index (χ0) is 15.8. The Labute approximate surface area is 140 Å². The number of aromatic nitrogens is 1. The van der Waals surface area contributed by atoms with Crippen molar-refractivity contribution < 1.29 is 4.65 Å². The predicted octanol–water partition coefficient (Wildman–Crippen LogP) is 3.86. The van der Waals surface area contributed by atoms with Gasteiger partial charge in [-0.05, 0) is 35.3 Å². The van der Waals surface area contributed by atoms with Gasteiger partial charge in [0.2, 0.25) is 0 Å². The van der Waals surface area contributed by atoms with Crippen LogP contribution in [0.2, 0.25) is 12.0 Å². The normalized spacial score (nSPS) is 13.4. The van der Waals surface area contributed by atoms with E-state index >= 15 is 0 Å². The summed E-state index contributed by atoms with van der Waals surface area (Å²) in [5.41, 5.74) is 5.52. The molecule has 4 rings (SSSR count). The highest BCUT2D eigenvalue weighted by molar-refractivity contribution is 6.67. The lowest BCUT2D eigenvalue weighted by molar-refractivity contribution is 0.333. The Hall–Kier alpha value is -2.04. The molecular weight excluding hydrogens is 306 g/mol. The largest absolute Gasteiger partial charge is 0.427 e. The fourth-order valence-electron chi connectivity index (χ4n) is 2.98. The predicted molar refractivity (Wildman–Crippen MR) is 96.6 cm³/mol. The molecule has 0 spiro atoms. The number of halogens is 1. The van der Waals surface area contributed by atoms with Crippen molar-refractivity contribution in [3.05, 3.63) is 64.8 Å². The van der Waals surface area contributed by atoms with Gasteiger partial charge in [-0.25, -0.2) is 4.98 Å². The summed E-state index contributed by atoms with van der Waals surface area (Å²) in [7, 11) is 0. The minimum Gasteiger partial charge on any atom is -0.427 e. The fraction of sp³-hybridized carbons (Fsp3) is 0.167. The Bertz CT molecular complexity index is 884. The molecule has 0 radical (unpaired) electrons. The van der Waals surface area contributed by atoms with E-state index in [9.17, 15) is 0 Å². The first-order valence-corrected chi connectivity index (χ1v) is 8.11. The van der Waals surface area contributed by atoms with Gasteiger partial charge in [-0.3, -0.25) is 0 Å². The molecule has 1 N–H and O–H groups in total. The highest BCUT2D eigenvalue weighted by Crippen LogP contribution is 2.22. The Morgan fingerprint density at radius 2 is 2.09 bits per heavy atom. The summed E-state index contributed by atoms with van der Waals surface area (Å²) < 4.78 is 5.65. The first-order chi connectivity index (χ1) is 11.2. The van der Waals surface area contributed by atoms with E-state index in [1.165, 1.54) is 11.0 Å². The van der Waals surface area contributed by atoms with Gasteiger partial charge in [-0.1, -0.05) is 42.7 Å². The topological polar surface area (TPSA) is 34.1 Å². The number of hydrogen-bond donors (Lipinski definition) is 1. The summed E-state index contributed by atoms with van der Waals surface area (Å²) in [6, 6.07) is 16.5. The lowest BCUT2D eigenvalue weighted by Crippen LogP contribution is -2.24. The van der Waals surface area contributed by atoms with Crippen molar-refractivity contribution in [3.63, 3.8) is 0 Å². The van der Waals surface area contributed by atoms with Gasteiger partial charge in [0.05, 0.1) is 12.1 Å². The van der Waals surface area contributed by atoms with Gasteiger partial charge in [0.1, 0.15) is 5.15 Å². The van der Waals surface area contributed by atoms with Crippen molar-refractivity contribution in [2.45, 2.75) is 20.0 Å². The van der Waals surface area contributed by atoms with Crippen molar-refractivity contribution in [2.75, 3.05) is 5.32 Å². The summed E-state index contributed by atoms with van der Waals surface area (Å²) in [4.78, 5) is 4.46. The van der Waals surface area contributed by atoms with Gasteiger partial charge < -0.3 is 9.97 Å². The van der Waals surface area contributed by atoms with E-state index in [2.05, 4.69) is 47.5 Å². The number of para-hydroxylation sites is 1. The zero-order valence-electron chi connectivity index (χ0n) is 12.8. The number of fused-ring (bicyclic) bond motifs is 2. The van der Waals surface area contributed by atoms with Gasteiger partial charge in [-0.2, -0.15) is 0 Å². The average molecular weight is 323 g/mol. The second kappa shape index (κ2) is 5.87. The van der Waals surface area contributed by atoms with Crippen LogP contribution < -0.4 is 10.8 Å². The number of rotatable bonds is 3. The molecule has 3 aromatic rings. The number of nitrogens with zero attached hydrogens (tertiary/aromatic N) is 1. The molecule has 1 aliphatic heterocycles. The number of nitrogens with one attached hydrogen (secondary N) is 1. The third-order valence-corrected chi connectivity index (χ3v) is 4.63.